The molecule has 8 heteroatoms. The number of carboxylic acids is 1. The molecule has 1 atom stereocenters. The first-order valence-corrected chi connectivity index (χ1v) is 9.45. The van der Waals surface area contributed by atoms with E-state index in [0.717, 1.165) is 22.7 Å². The molecule has 2 N–H and O–H groups in total. The average Bonchev–Trinajstić information content (AvgIpc) is 3.07. The maximum Gasteiger partial charge on any atom is 0.316 e. The van der Waals surface area contributed by atoms with Gasteiger partial charge in [0.15, 0.2) is 5.16 Å². The average molecular weight is 395 g/mol. The number of aromatic amines is 1. The fraction of sp³-hybridized carbons (Fsp3) is 0.150. The minimum Gasteiger partial charge on any atom is -0.495 e. The zero-order valence-electron chi connectivity index (χ0n) is 15.2. The molecule has 28 heavy (non-hydrogen) atoms. The van der Waals surface area contributed by atoms with Gasteiger partial charge >= 0.3 is 5.97 Å². The van der Waals surface area contributed by atoms with Crippen LogP contribution in [-0.4, -0.2) is 38.0 Å². The van der Waals surface area contributed by atoms with Gasteiger partial charge in [0.1, 0.15) is 22.0 Å². The summed E-state index contributed by atoms with van der Waals surface area (Å²) in [5, 5.41) is 9.68. The summed E-state index contributed by atoms with van der Waals surface area (Å²) in [6, 6.07) is 14.6. The third-order valence-corrected chi connectivity index (χ3v) is 5.49. The van der Waals surface area contributed by atoms with Crippen LogP contribution in [0, 0.1) is 0 Å². The Morgan fingerprint density at radius 3 is 2.68 bits per heavy atom. The number of nitrogens with zero attached hydrogens (tertiary/aromatic N) is 2. The predicted molar refractivity (Wildman–Crippen MR) is 109 cm³/mol. The fourth-order valence-corrected chi connectivity index (χ4v) is 3.90. The van der Waals surface area contributed by atoms with Crippen LogP contribution in [0.25, 0.3) is 27.6 Å². The molecular weight excluding hydrogens is 378 g/mol. The summed E-state index contributed by atoms with van der Waals surface area (Å²) in [6.07, 6.45) is 0. The summed E-state index contributed by atoms with van der Waals surface area (Å²) < 4.78 is 6.81. The Hall–Kier alpha value is -3.26. The van der Waals surface area contributed by atoms with Gasteiger partial charge in [-0.1, -0.05) is 42.1 Å². The molecule has 0 radical (unpaired) electrons. The van der Waals surface area contributed by atoms with Crippen molar-refractivity contribution >= 4 is 39.7 Å². The molecule has 4 rings (SSSR count). The second-order valence-electron chi connectivity index (χ2n) is 6.20. The highest BCUT2D eigenvalue weighted by molar-refractivity contribution is 8.00. The Balaban J connectivity index is 2.08. The standard InChI is InChI=1S/C20H17N3O4S/c1-11(19(25)26)28-20-22-16-12-7-3-4-8-13(12)21-17(16)18(24)23(20)14-9-5-6-10-15(14)27-2/h3-11,21H,1-2H3,(H,25,26). The van der Waals surface area contributed by atoms with E-state index in [9.17, 15) is 14.7 Å². The third kappa shape index (κ3) is 2.91. The molecule has 4 aromatic rings. The highest BCUT2D eigenvalue weighted by Gasteiger charge is 2.22. The van der Waals surface area contributed by atoms with Crippen molar-refractivity contribution in [2.75, 3.05) is 7.11 Å². The van der Waals surface area contributed by atoms with E-state index < -0.39 is 11.2 Å². The van der Waals surface area contributed by atoms with Crippen molar-refractivity contribution in [1.29, 1.82) is 0 Å². The molecule has 2 aromatic heterocycles. The quantitative estimate of drug-likeness (QED) is 0.397. The van der Waals surface area contributed by atoms with Crippen molar-refractivity contribution < 1.29 is 14.6 Å². The van der Waals surface area contributed by atoms with E-state index in [1.807, 2.05) is 24.3 Å². The maximum absolute atomic E-state index is 13.4. The van der Waals surface area contributed by atoms with Gasteiger partial charge in [0.2, 0.25) is 0 Å². The number of thioether (sulfide) groups is 1. The summed E-state index contributed by atoms with van der Waals surface area (Å²) in [5.74, 6) is -0.489. The summed E-state index contributed by atoms with van der Waals surface area (Å²) in [6.45, 7) is 1.56. The molecule has 0 amide bonds. The van der Waals surface area contributed by atoms with Crippen LogP contribution in [-0.2, 0) is 4.79 Å². The number of ether oxygens (including phenoxy) is 1. The highest BCUT2D eigenvalue weighted by Crippen LogP contribution is 2.31. The summed E-state index contributed by atoms with van der Waals surface area (Å²) in [5.41, 5.74) is 1.86. The lowest BCUT2D eigenvalue weighted by atomic mass is 10.2. The van der Waals surface area contributed by atoms with E-state index in [1.165, 1.54) is 11.7 Å². The molecular formula is C20H17N3O4S. The number of carboxylic acid groups (broad SMARTS) is 1. The van der Waals surface area contributed by atoms with E-state index in [2.05, 4.69) is 9.97 Å². The number of fused-ring (bicyclic) bond motifs is 3. The predicted octanol–water partition coefficient (Wildman–Crippen LogP) is 3.44. The molecule has 0 aliphatic heterocycles. The van der Waals surface area contributed by atoms with Crippen LogP contribution >= 0.6 is 11.8 Å². The number of rotatable bonds is 5. The zero-order chi connectivity index (χ0) is 19.8. The van der Waals surface area contributed by atoms with Gasteiger partial charge in [0.05, 0.1) is 12.8 Å². The third-order valence-electron chi connectivity index (χ3n) is 4.45. The van der Waals surface area contributed by atoms with Crippen LogP contribution in [0.1, 0.15) is 6.92 Å². The topological polar surface area (TPSA) is 97.2 Å². The SMILES string of the molecule is COc1ccccc1-n1c(SC(C)C(=O)O)nc2c([nH]c3ccccc32)c1=O. The maximum atomic E-state index is 13.4. The van der Waals surface area contributed by atoms with Crippen LogP contribution in [0.4, 0.5) is 0 Å². The van der Waals surface area contributed by atoms with Crippen molar-refractivity contribution in [1.82, 2.24) is 14.5 Å². The molecule has 142 valence electrons. The van der Waals surface area contributed by atoms with Gasteiger partial charge in [-0.15, -0.1) is 0 Å². The molecule has 2 aromatic carbocycles. The second-order valence-corrected chi connectivity index (χ2v) is 7.51. The van der Waals surface area contributed by atoms with Crippen LogP contribution in [0.5, 0.6) is 5.75 Å². The minimum absolute atomic E-state index is 0.293. The summed E-state index contributed by atoms with van der Waals surface area (Å²) in [7, 11) is 1.52. The highest BCUT2D eigenvalue weighted by atomic mass is 32.2. The Morgan fingerprint density at radius 1 is 1.21 bits per heavy atom. The molecule has 2 heterocycles. The Kier molecular flexibility index (Phi) is 4.56. The summed E-state index contributed by atoms with van der Waals surface area (Å²) >= 11 is 1.02. The molecule has 7 nitrogen and oxygen atoms in total. The first kappa shape index (κ1) is 18.1. The molecule has 0 fully saturated rings. The van der Waals surface area contributed by atoms with E-state index in [1.54, 1.807) is 31.2 Å². The lowest BCUT2D eigenvalue weighted by molar-refractivity contribution is -0.136. The number of benzene rings is 2. The number of methoxy groups -OCH3 is 1. The van der Waals surface area contributed by atoms with Gasteiger partial charge in [-0.05, 0) is 25.1 Å². The smallest absolute Gasteiger partial charge is 0.316 e. The van der Waals surface area contributed by atoms with Gasteiger partial charge < -0.3 is 14.8 Å². The Bertz CT molecular complexity index is 1260. The van der Waals surface area contributed by atoms with Crippen molar-refractivity contribution in [2.45, 2.75) is 17.3 Å². The monoisotopic (exact) mass is 395 g/mol. The van der Waals surface area contributed by atoms with Crippen molar-refractivity contribution in [3.8, 4) is 11.4 Å². The van der Waals surface area contributed by atoms with E-state index in [0.29, 0.717) is 27.6 Å². The fourth-order valence-electron chi connectivity index (χ4n) is 3.06. The molecule has 0 aliphatic rings. The number of para-hydroxylation sites is 3. The molecule has 0 saturated heterocycles. The van der Waals surface area contributed by atoms with E-state index in [4.69, 9.17) is 4.74 Å². The molecule has 0 saturated carbocycles. The number of hydrogen-bond donors (Lipinski definition) is 2. The molecule has 0 spiro atoms. The summed E-state index contributed by atoms with van der Waals surface area (Å²) in [4.78, 5) is 32.6. The Morgan fingerprint density at radius 2 is 1.93 bits per heavy atom. The van der Waals surface area contributed by atoms with Crippen LogP contribution in [0.3, 0.4) is 0 Å². The van der Waals surface area contributed by atoms with Crippen molar-refractivity contribution in [3.05, 3.63) is 58.9 Å². The second kappa shape index (κ2) is 7.05. The van der Waals surface area contributed by atoms with Gasteiger partial charge in [-0.2, -0.15) is 0 Å². The van der Waals surface area contributed by atoms with Crippen molar-refractivity contribution in [3.63, 3.8) is 0 Å². The Labute approximate surface area is 164 Å². The van der Waals surface area contributed by atoms with Crippen molar-refractivity contribution in [2.24, 2.45) is 0 Å². The lowest BCUT2D eigenvalue weighted by Crippen LogP contribution is -2.24. The van der Waals surface area contributed by atoms with Crippen LogP contribution in [0.2, 0.25) is 0 Å². The largest absolute Gasteiger partial charge is 0.495 e. The normalized spacial score (nSPS) is 12.4. The number of hydrogen-bond acceptors (Lipinski definition) is 5. The van der Waals surface area contributed by atoms with Gasteiger partial charge in [-0.3, -0.25) is 9.59 Å². The van der Waals surface area contributed by atoms with E-state index in [-0.39, 0.29) is 5.56 Å². The van der Waals surface area contributed by atoms with Gasteiger partial charge in [0, 0.05) is 10.9 Å². The first-order chi connectivity index (χ1) is 13.5. The first-order valence-electron chi connectivity index (χ1n) is 8.57. The zero-order valence-corrected chi connectivity index (χ0v) is 16.0. The van der Waals surface area contributed by atoms with Crippen LogP contribution in [0.15, 0.2) is 58.5 Å². The lowest BCUT2D eigenvalue weighted by Gasteiger charge is -2.16. The van der Waals surface area contributed by atoms with E-state index >= 15 is 0 Å². The molecule has 0 bridgehead atoms. The van der Waals surface area contributed by atoms with Gasteiger partial charge in [-0.25, -0.2) is 9.55 Å². The number of aliphatic carboxylic acids is 1. The van der Waals surface area contributed by atoms with Gasteiger partial charge in [0.25, 0.3) is 5.56 Å². The number of nitrogens with one attached hydrogen (secondary N) is 1. The minimum atomic E-state index is -0.982. The number of aromatic nitrogens is 3. The van der Waals surface area contributed by atoms with Crippen LogP contribution < -0.4 is 10.3 Å². The molecule has 1 unspecified atom stereocenters. The number of carbonyl (C=O) groups is 1. The number of H-pyrrole nitrogens is 1. The molecule has 0 aliphatic carbocycles.